The van der Waals surface area contributed by atoms with E-state index in [9.17, 15) is 9.18 Å². The Hall–Kier alpha value is -2.43. The maximum absolute atomic E-state index is 14.5. The minimum Gasteiger partial charge on any atom is -0.366 e. The largest absolute Gasteiger partial charge is 0.366 e. The summed E-state index contributed by atoms with van der Waals surface area (Å²) < 4.78 is 14.5. The highest BCUT2D eigenvalue weighted by atomic mass is 19.1. The second kappa shape index (κ2) is 6.82. The molecule has 1 saturated carbocycles. The van der Waals surface area contributed by atoms with Crippen LogP contribution in [0.15, 0.2) is 42.7 Å². The summed E-state index contributed by atoms with van der Waals surface area (Å²) in [4.78, 5) is 20.4. The summed E-state index contributed by atoms with van der Waals surface area (Å²) in [5.41, 5.74) is 2.25. The van der Waals surface area contributed by atoms with Gasteiger partial charge in [-0.15, -0.1) is 0 Å². The summed E-state index contributed by atoms with van der Waals surface area (Å²) in [5, 5.41) is 0. The molecule has 0 atom stereocenters. The lowest BCUT2D eigenvalue weighted by Crippen LogP contribution is -2.49. The summed E-state index contributed by atoms with van der Waals surface area (Å²) in [6.07, 6.45) is 6.08. The molecule has 0 spiro atoms. The molecule has 4 rings (SSSR count). The van der Waals surface area contributed by atoms with E-state index >= 15 is 0 Å². The number of pyridine rings is 1. The van der Waals surface area contributed by atoms with E-state index in [-0.39, 0.29) is 11.7 Å². The van der Waals surface area contributed by atoms with Gasteiger partial charge in [-0.25, -0.2) is 4.39 Å². The van der Waals surface area contributed by atoms with Crippen LogP contribution in [0.1, 0.15) is 19.3 Å². The van der Waals surface area contributed by atoms with Gasteiger partial charge in [0.25, 0.3) is 0 Å². The van der Waals surface area contributed by atoms with Crippen LogP contribution in [0, 0.1) is 11.7 Å². The first-order chi connectivity index (χ1) is 12.2. The number of aromatic nitrogens is 1. The van der Waals surface area contributed by atoms with Gasteiger partial charge in [0.15, 0.2) is 5.82 Å². The summed E-state index contributed by atoms with van der Waals surface area (Å²) in [6.45, 7) is 2.80. The van der Waals surface area contributed by atoms with Crippen LogP contribution < -0.4 is 4.90 Å². The van der Waals surface area contributed by atoms with Crippen LogP contribution >= 0.6 is 0 Å². The molecule has 2 aliphatic rings. The highest BCUT2D eigenvalue weighted by molar-refractivity contribution is 5.79. The number of amides is 1. The zero-order valence-corrected chi connectivity index (χ0v) is 14.2. The zero-order chi connectivity index (χ0) is 17.2. The standard InChI is InChI=1S/C20H22FN3O/c21-17-13-22-14-18(20(17)16-4-2-1-3-5-16)23-8-10-24(11-9-23)19(25)12-15-6-7-15/h1-5,13-15H,6-12H2. The predicted octanol–water partition coefficient (Wildman–Crippen LogP) is 3.34. The molecule has 2 heterocycles. The zero-order valence-electron chi connectivity index (χ0n) is 14.2. The smallest absolute Gasteiger partial charge is 0.222 e. The minimum absolute atomic E-state index is 0.266. The summed E-state index contributed by atoms with van der Waals surface area (Å²) in [7, 11) is 0. The number of carbonyl (C=O) groups excluding carboxylic acids is 1. The molecular weight excluding hydrogens is 317 g/mol. The van der Waals surface area contributed by atoms with Crippen molar-refractivity contribution < 1.29 is 9.18 Å². The molecule has 2 aromatic rings. The molecule has 1 saturated heterocycles. The lowest BCUT2D eigenvalue weighted by molar-refractivity contribution is -0.131. The van der Waals surface area contributed by atoms with Gasteiger partial charge in [-0.1, -0.05) is 30.3 Å². The van der Waals surface area contributed by atoms with Gasteiger partial charge in [-0.3, -0.25) is 9.78 Å². The number of piperazine rings is 1. The van der Waals surface area contributed by atoms with Gasteiger partial charge in [-0.05, 0) is 24.3 Å². The molecule has 25 heavy (non-hydrogen) atoms. The van der Waals surface area contributed by atoms with Crippen LogP contribution in [0.3, 0.4) is 0 Å². The Kier molecular flexibility index (Phi) is 4.38. The highest BCUT2D eigenvalue weighted by Gasteiger charge is 2.29. The average molecular weight is 339 g/mol. The number of anilines is 1. The van der Waals surface area contributed by atoms with Crippen molar-refractivity contribution in [3.05, 3.63) is 48.5 Å². The number of nitrogens with zero attached hydrogens (tertiary/aromatic N) is 3. The van der Waals surface area contributed by atoms with Crippen molar-refractivity contribution in [2.45, 2.75) is 19.3 Å². The van der Waals surface area contributed by atoms with E-state index in [2.05, 4.69) is 9.88 Å². The first kappa shape index (κ1) is 16.1. The molecule has 0 radical (unpaired) electrons. The van der Waals surface area contributed by atoms with Crippen molar-refractivity contribution in [2.75, 3.05) is 31.1 Å². The summed E-state index contributed by atoms with van der Waals surface area (Å²) >= 11 is 0. The Bertz CT molecular complexity index is 753. The van der Waals surface area contributed by atoms with E-state index in [0.29, 0.717) is 44.1 Å². The number of halogens is 1. The van der Waals surface area contributed by atoms with Crippen LogP contribution in [0.2, 0.25) is 0 Å². The van der Waals surface area contributed by atoms with E-state index in [1.54, 1.807) is 6.20 Å². The molecule has 5 heteroatoms. The number of carbonyl (C=O) groups is 1. The van der Waals surface area contributed by atoms with E-state index in [0.717, 1.165) is 11.3 Å². The van der Waals surface area contributed by atoms with Gasteiger partial charge in [-0.2, -0.15) is 0 Å². The lowest BCUT2D eigenvalue weighted by Gasteiger charge is -2.37. The third-order valence-corrected chi connectivity index (χ3v) is 5.08. The maximum atomic E-state index is 14.5. The van der Waals surface area contributed by atoms with Crippen LogP contribution in [-0.4, -0.2) is 42.0 Å². The Morgan fingerprint density at radius 3 is 2.48 bits per heavy atom. The summed E-state index contributed by atoms with van der Waals surface area (Å²) in [5.74, 6) is 0.571. The average Bonchev–Trinajstić information content (AvgIpc) is 3.46. The second-order valence-corrected chi connectivity index (χ2v) is 6.90. The van der Waals surface area contributed by atoms with Gasteiger partial charge in [0.2, 0.25) is 5.91 Å². The highest BCUT2D eigenvalue weighted by Crippen LogP contribution is 2.34. The van der Waals surface area contributed by atoms with Crippen molar-refractivity contribution in [3.63, 3.8) is 0 Å². The van der Waals surface area contributed by atoms with Crippen molar-refractivity contribution in [3.8, 4) is 11.1 Å². The Labute approximate surface area is 147 Å². The molecule has 0 bridgehead atoms. The molecule has 0 N–H and O–H groups in total. The fourth-order valence-corrected chi connectivity index (χ4v) is 3.45. The second-order valence-electron chi connectivity index (χ2n) is 6.90. The summed E-state index contributed by atoms with van der Waals surface area (Å²) in [6, 6.07) is 9.57. The van der Waals surface area contributed by atoms with Crippen LogP contribution in [0.5, 0.6) is 0 Å². The molecule has 1 aromatic heterocycles. The molecule has 0 unspecified atom stereocenters. The number of hydrogen-bond donors (Lipinski definition) is 0. The van der Waals surface area contributed by atoms with E-state index < -0.39 is 0 Å². The monoisotopic (exact) mass is 339 g/mol. The molecule has 2 fully saturated rings. The van der Waals surface area contributed by atoms with Crippen LogP contribution in [0.25, 0.3) is 11.1 Å². The SMILES string of the molecule is O=C(CC1CC1)N1CCN(c2cncc(F)c2-c2ccccc2)CC1. The Morgan fingerprint density at radius 1 is 1.08 bits per heavy atom. The maximum Gasteiger partial charge on any atom is 0.222 e. The van der Waals surface area contributed by atoms with Crippen molar-refractivity contribution in [2.24, 2.45) is 5.92 Å². The molecular formula is C20H22FN3O. The fraction of sp³-hybridized carbons (Fsp3) is 0.400. The van der Waals surface area contributed by atoms with Gasteiger partial charge < -0.3 is 9.80 Å². The molecule has 1 aromatic carbocycles. The van der Waals surface area contributed by atoms with E-state index in [1.807, 2.05) is 35.2 Å². The van der Waals surface area contributed by atoms with Gasteiger partial charge in [0.1, 0.15) is 0 Å². The van der Waals surface area contributed by atoms with Gasteiger partial charge >= 0.3 is 0 Å². The van der Waals surface area contributed by atoms with Crippen molar-refractivity contribution in [1.29, 1.82) is 0 Å². The van der Waals surface area contributed by atoms with Gasteiger partial charge in [0, 0.05) is 38.2 Å². The van der Waals surface area contributed by atoms with Gasteiger partial charge in [0.05, 0.1) is 18.1 Å². The van der Waals surface area contributed by atoms with Crippen LogP contribution in [0.4, 0.5) is 10.1 Å². The van der Waals surface area contributed by atoms with Crippen molar-refractivity contribution >= 4 is 11.6 Å². The number of hydrogen-bond acceptors (Lipinski definition) is 3. The first-order valence-corrected chi connectivity index (χ1v) is 8.94. The molecule has 1 amide bonds. The van der Waals surface area contributed by atoms with E-state index in [1.165, 1.54) is 19.0 Å². The van der Waals surface area contributed by atoms with Crippen LogP contribution in [-0.2, 0) is 4.79 Å². The normalized spacial score (nSPS) is 17.6. The molecule has 4 nitrogen and oxygen atoms in total. The third kappa shape index (κ3) is 3.50. The minimum atomic E-state index is -0.309. The number of rotatable bonds is 4. The topological polar surface area (TPSA) is 36.4 Å². The molecule has 1 aliphatic carbocycles. The Morgan fingerprint density at radius 2 is 1.80 bits per heavy atom. The lowest BCUT2D eigenvalue weighted by atomic mass is 10.0. The number of benzene rings is 1. The third-order valence-electron chi connectivity index (χ3n) is 5.08. The molecule has 1 aliphatic heterocycles. The predicted molar refractivity (Wildman–Crippen MR) is 95.8 cm³/mol. The Balaban J connectivity index is 1.51. The molecule has 130 valence electrons. The fourth-order valence-electron chi connectivity index (χ4n) is 3.45. The quantitative estimate of drug-likeness (QED) is 0.857. The first-order valence-electron chi connectivity index (χ1n) is 8.94. The van der Waals surface area contributed by atoms with Crippen molar-refractivity contribution in [1.82, 2.24) is 9.88 Å². The van der Waals surface area contributed by atoms with E-state index in [4.69, 9.17) is 0 Å².